The largest absolute Gasteiger partial charge is 0.298 e. The highest BCUT2D eigenvalue weighted by Crippen LogP contribution is 2.31. The lowest BCUT2D eigenvalue weighted by Gasteiger charge is -2.18. The average Bonchev–Trinajstić information content (AvgIpc) is 2.44. The van der Waals surface area contributed by atoms with Crippen LogP contribution in [-0.2, 0) is 19.3 Å². The maximum absolute atomic E-state index is 11.5. The first-order chi connectivity index (χ1) is 8.78. The minimum Gasteiger partial charge on any atom is -0.298 e. The second kappa shape index (κ2) is 5.34. The summed E-state index contributed by atoms with van der Waals surface area (Å²) in [5.41, 5.74) is 4.92. The number of fused-ring (bicyclic) bond motifs is 1. The zero-order valence-corrected chi connectivity index (χ0v) is 11.4. The molecule has 0 atom stereocenters. The van der Waals surface area contributed by atoms with E-state index in [4.69, 9.17) is 0 Å². The Labute approximate surface area is 109 Å². The normalized spacial score (nSPS) is 10.8. The van der Waals surface area contributed by atoms with Gasteiger partial charge in [0.1, 0.15) is 0 Å². The Balaban J connectivity index is 2.99. The third-order valence-corrected chi connectivity index (χ3v) is 3.77. The number of carbonyl (C=O) groups is 1. The van der Waals surface area contributed by atoms with Crippen molar-refractivity contribution in [2.24, 2.45) is 0 Å². The summed E-state index contributed by atoms with van der Waals surface area (Å²) in [7, 11) is 0. The van der Waals surface area contributed by atoms with Gasteiger partial charge in [-0.15, -0.1) is 0 Å². The molecule has 0 spiro atoms. The van der Waals surface area contributed by atoms with E-state index in [0.29, 0.717) is 0 Å². The fraction of sp³-hybridized carbons (Fsp3) is 0.353. The third kappa shape index (κ3) is 1.84. The zero-order chi connectivity index (χ0) is 13.1. The molecule has 0 N–H and O–H groups in total. The summed E-state index contributed by atoms with van der Waals surface area (Å²) < 4.78 is 0. The van der Waals surface area contributed by atoms with Gasteiger partial charge in [-0.1, -0.05) is 45.0 Å². The summed E-state index contributed by atoms with van der Waals surface area (Å²) in [6.45, 7) is 6.51. The van der Waals surface area contributed by atoms with Crippen molar-refractivity contribution >= 4 is 17.1 Å². The zero-order valence-electron chi connectivity index (χ0n) is 11.4. The van der Waals surface area contributed by atoms with Crippen LogP contribution in [0.25, 0.3) is 10.8 Å². The summed E-state index contributed by atoms with van der Waals surface area (Å²) >= 11 is 0. The first kappa shape index (κ1) is 12.8. The fourth-order valence-electron chi connectivity index (χ4n) is 3.02. The van der Waals surface area contributed by atoms with Crippen molar-refractivity contribution in [2.75, 3.05) is 0 Å². The Bertz CT molecular complexity index is 582. The minimum atomic E-state index is 0.891. The highest BCUT2D eigenvalue weighted by molar-refractivity contribution is 6.02. The summed E-state index contributed by atoms with van der Waals surface area (Å²) in [6, 6.07) is 8.28. The van der Waals surface area contributed by atoms with Gasteiger partial charge in [-0.2, -0.15) is 0 Å². The second-order valence-electron chi connectivity index (χ2n) is 4.57. The van der Waals surface area contributed by atoms with Gasteiger partial charge in [-0.3, -0.25) is 4.79 Å². The van der Waals surface area contributed by atoms with Gasteiger partial charge in [0, 0.05) is 5.56 Å². The summed E-state index contributed by atoms with van der Waals surface area (Å²) in [5, 5.41) is 2.36. The maximum Gasteiger partial charge on any atom is 0.150 e. The fourth-order valence-corrected chi connectivity index (χ4v) is 3.02. The molecule has 0 fully saturated rings. The average molecular weight is 240 g/mol. The molecule has 0 aromatic heterocycles. The van der Waals surface area contributed by atoms with Crippen LogP contribution in [0.5, 0.6) is 0 Å². The first-order valence-electron chi connectivity index (χ1n) is 6.78. The van der Waals surface area contributed by atoms with Gasteiger partial charge in [-0.05, 0) is 46.7 Å². The molecule has 1 nitrogen and oxygen atoms in total. The predicted molar refractivity (Wildman–Crippen MR) is 77.5 cm³/mol. The van der Waals surface area contributed by atoms with Gasteiger partial charge >= 0.3 is 0 Å². The third-order valence-electron chi connectivity index (χ3n) is 3.77. The number of aryl methyl sites for hydroxylation is 1. The molecule has 0 bridgehead atoms. The predicted octanol–water partition coefficient (Wildman–Crippen LogP) is 4.34. The van der Waals surface area contributed by atoms with Crippen LogP contribution >= 0.6 is 0 Å². The number of rotatable bonds is 4. The molecule has 2 aromatic carbocycles. The number of hydrogen-bond donors (Lipinski definition) is 0. The standard InChI is InChI=1S/C17H20O/c1-4-12-13(5-2)15-9-7-8-10-16(15)17(11-18)14(12)6-3/h7-11H,4-6H2,1-3H3. The quantitative estimate of drug-likeness (QED) is 0.726. The molecule has 0 aliphatic rings. The molecule has 0 radical (unpaired) electrons. The molecular formula is C17H20O. The molecule has 0 saturated heterocycles. The van der Waals surface area contributed by atoms with Gasteiger partial charge in [-0.25, -0.2) is 0 Å². The molecule has 2 aromatic rings. The van der Waals surface area contributed by atoms with Gasteiger partial charge in [0.2, 0.25) is 0 Å². The Morgan fingerprint density at radius 1 is 0.833 bits per heavy atom. The van der Waals surface area contributed by atoms with Crippen LogP contribution in [0, 0.1) is 0 Å². The highest BCUT2D eigenvalue weighted by atomic mass is 16.1. The topological polar surface area (TPSA) is 17.1 Å². The summed E-state index contributed by atoms with van der Waals surface area (Å²) in [4.78, 5) is 11.5. The molecule has 0 saturated carbocycles. The van der Waals surface area contributed by atoms with Crippen LogP contribution in [0.3, 0.4) is 0 Å². The lowest BCUT2D eigenvalue weighted by molar-refractivity contribution is 0.112. The van der Waals surface area contributed by atoms with Crippen LogP contribution in [-0.4, -0.2) is 6.29 Å². The highest BCUT2D eigenvalue weighted by Gasteiger charge is 2.15. The lowest BCUT2D eigenvalue weighted by atomic mass is 9.86. The number of benzene rings is 2. The molecule has 18 heavy (non-hydrogen) atoms. The van der Waals surface area contributed by atoms with Crippen LogP contribution in [0.4, 0.5) is 0 Å². The Morgan fingerprint density at radius 2 is 1.39 bits per heavy atom. The van der Waals surface area contributed by atoms with E-state index in [-0.39, 0.29) is 0 Å². The van der Waals surface area contributed by atoms with E-state index in [1.54, 1.807) is 0 Å². The maximum atomic E-state index is 11.5. The van der Waals surface area contributed by atoms with Gasteiger partial charge in [0.15, 0.2) is 6.29 Å². The van der Waals surface area contributed by atoms with E-state index in [2.05, 4.69) is 39.0 Å². The van der Waals surface area contributed by atoms with Crippen molar-refractivity contribution in [1.82, 2.24) is 0 Å². The monoisotopic (exact) mass is 240 g/mol. The van der Waals surface area contributed by atoms with Crippen molar-refractivity contribution in [3.63, 3.8) is 0 Å². The SMILES string of the molecule is CCc1c(CC)c(CC)c2ccccc2c1C=O. The number of aldehydes is 1. The molecule has 0 aliphatic carbocycles. The van der Waals surface area contributed by atoms with E-state index in [1.807, 2.05) is 6.07 Å². The lowest BCUT2D eigenvalue weighted by Crippen LogP contribution is -2.04. The first-order valence-corrected chi connectivity index (χ1v) is 6.78. The second-order valence-corrected chi connectivity index (χ2v) is 4.57. The van der Waals surface area contributed by atoms with Gasteiger partial charge < -0.3 is 0 Å². The molecule has 0 amide bonds. The van der Waals surface area contributed by atoms with E-state index in [0.717, 1.165) is 36.5 Å². The molecule has 94 valence electrons. The van der Waals surface area contributed by atoms with Gasteiger partial charge in [0.05, 0.1) is 0 Å². The van der Waals surface area contributed by atoms with Crippen LogP contribution in [0.1, 0.15) is 47.8 Å². The Hall–Kier alpha value is -1.63. The number of hydrogen-bond acceptors (Lipinski definition) is 1. The molecule has 0 unspecified atom stereocenters. The van der Waals surface area contributed by atoms with Crippen LogP contribution in [0.15, 0.2) is 24.3 Å². The van der Waals surface area contributed by atoms with Crippen molar-refractivity contribution in [2.45, 2.75) is 40.0 Å². The van der Waals surface area contributed by atoms with Crippen LogP contribution < -0.4 is 0 Å². The van der Waals surface area contributed by atoms with Crippen molar-refractivity contribution in [3.05, 3.63) is 46.5 Å². The van der Waals surface area contributed by atoms with E-state index < -0.39 is 0 Å². The molecule has 0 heterocycles. The Kier molecular flexibility index (Phi) is 3.81. The molecule has 1 heteroatoms. The molecule has 0 aliphatic heterocycles. The van der Waals surface area contributed by atoms with Crippen molar-refractivity contribution in [1.29, 1.82) is 0 Å². The summed E-state index contributed by atoms with van der Waals surface area (Å²) in [6.07, 6.45) is 3.97. The van der Waals surface area contributed by atoms with Gasteiger partial charge in [0.25, 0.3) is 0 Å². The van der Waals surface area contributed by atoms with E-state index >= 15 is 0 Å². The van der Waals surface area contributed by atoms with E-state index in [9.17, 15) is 4.79 Å². The number of carbonyl (C=O) groups excluding carboxylic acids is 1. The van der Waals surface area contributed by atoms with E-state index in [1.165, 1.54) is 22.1 Å². The van der Waals surface area contributed by atoms with Crippen molar-refractivity contribution < 1.29 is 4.79 Å². The Morgan fingerprint density at radius 3 is 1.89 bits per heavy atom. The smallest absolute Gasteiger partial charge is 0.150 e. The summed E-state index contributed by atoms with van der Waals surface area (Å²) in [5.74, 6) is 0. The molecule has 2 rings (SSSR count). The van der Waals surface area contributed by atoms with Crippen LogP contribution in [0.2, 0.25) is 0 Å². The minimum absolute atomic E-state index is 0.891. The molecular weight excluding hydrogens is 220 g/mol. The van der Waals surface area contributed by atoms with Crippen molar-refractivity contribution in [3.8, 4) is 0 Å².